The predicted molar refractivity (Wildman–Crippen MR) is 94.1 cm³/mol. The Morgan fingerprint density at radius 2 is 1.50 bits per heavy atom. The number of halogens is 1. The van der Waals surface area contributed by atoms with E-state index in [2.05, 4.69) is 30.7 Å². The number of rotatable bonds is 7. The van der Waals surface area contributed by atoms with Gasteiger partial charge in [0.15, 0.2) is 5.92 Å². The molecule has 1 aromatic carbocycles. The fourth-order valence-electron chi connectivity index (χ4n) is 2.36. The van der Waals surface area contributed by atoms with Crippen LogP contribution < -0.4 is 5.32 Å². The third-order valence-corrected chi connectivity index (χ3v) is 4.28. The summed E-state index contributed by atoms with van der Waals surface area (Å²) in [5.41, 5.74) is 0.285. The van der Waals surface area contributed by atoms with Gasteiger partial charge in [0.05, 0.1) is 21.3 Å². The molecule has 0 saturated carbocycles. The number of amides is 1. The fourth-order valence-corrected chi connectivity index (χ4v) is 2.76. The quantitative estimate of drug-likeness (QED) is 0.395. The van der Waals surface area contributed by atoms with E-state index < -0.39 is 41.7 Å². The maximum absolute atomic E-state index is 12.5. The molecule has 0 aromatic heterocycles. The minimum Gasteiger partial charge on any atom is -0.468 e. The number of carbonyl (C=O) groups excluding carboxylic acids is 4. The van der Waals surface area contributed by atoms with Gasteiger partial charge in [0.2, 0.25) is 0 Å². The van der Waals surface area contributed by atoms with Crippen molar-refractivity contribution in [2.45, 2.75) is 13.0 Å². The van der Waals surface area contributed by atoms with E-state index in [1.165, 1.54) is 6.92 Å². The normalized spacial score (nSPS) is 12.7. The van der Waals surface area contributed by atoms with Gasteiger partial charge in [0.1, 0.15) is 6.04 Å². The highest BCUT2D eigenvalue weighted by atomic mass is 79.9. The summed E-state index contributed by atoms with van der Waals surface area (Å²) in [6.07, 6.45) is 0. The molecule has 142 valence electrons. The second-order valence-electron chi connectivity index (χ2n) is 5.37. The van der Waals surface area contributed by atoms with Crippen LogP contribution in [0.25, 0.3) is 0 Å². The number of hydrogen-bond acceptors (Lipinski definition) is 7. The third kappa shape index (κ3) is 5.29. The Kier molecular flexibility index (Phi) is 8.24. The van der Waals surface area contributed by atoms with Crippen molar-refractivity contribution >= 4 is 39.7 Å². The highest BCUT2D eigenvalue weighted by Gasteiger charge is 2.42. The topological polar surface area (TPSA) is 108 Å². The fraction of sp³-hybridized carbons (Fsp3) is 0.412. The highest BCUT2D eigenvalue weighted by Crippen LogP contribution is 2.21. The zero-order chi connectivity index (χ0) is 19.9. The van der Waals surface area contributed by atoms with Gasteiger partial charge in [-0.15, -0.1) is 0 Å². The van der Waals surface area contributed by atoms with Crippen molar-refractivity contribution in [3.63, 3.8) is 0 Å². The van der Waals surface area contributed by atoms with Crippen molar-refractivity contribution in [1.29, 1.82) is 0 Å². The van der Waals surface area contributed by atoms with E-state index in [1.54, 1.807) is 24.3 Å². The molecule has 9 heteroatoms. The monoisotopic (exact) mass is 429 g/mol. The zero-order valence-electron chi connectivity index (χ0n) is 14.8. The number of esters is 3. The van der Waals surface area contributed by atoms with Crippen LogP contribution in [0.5, 0.6) is 0 Å². The summed E-state index contributed by atoms with van der Waals surface area (Å²) in [5, 5.41) is 2.50. The van der Waals surface area contributed by atoms with Crippen LogP contribution in [-0.2, 0) is 28.6 Å². The number of ether oxygens (including phenoxy) is 3. The van der Waals surface area contributed by atoms with Crippen molar-refractivity contribution in [2.75, 3.05) is 21.3 Å². The molecule has 1 amide bonds. The smallest absolute Gasteiger partial charge is 0.328 e. The minimum absolute atomic E-state index is 0.285. The van der Waals surface area contributed by atoms with Crippen molar-refractivity contribution in [1.82, 2.24) is 5.32 Å². The van der Waals surface area contributed by atoms with Gasteiger partial charge < -0.3 is 19.5 Å². The number of methoxy groups -OCH3 is 3. The van der Waals surface area contributed by atoms with Gasteiger partial charge in [-0.25, -0.2) is 4.79 Å². The lowest BCUT2D eigenvalue weighted by Gasteiger charge is -2.27. The Labute approximate surface area is 159 Å². The van der Waals surface area contributed by atoms with E-state index in [9.17, 15) is 19.2 Å². The summed E-state index contributed by atoms with van der Waals surface area (Å²) in [5.74, 6) is -5.51. The lowest BCUT2D eigenvalue weighted by molar-refractivity contribution is -0.162. The van der Waals surface area contributed by atoms with Crippen LogP contribution >= 0.6 is 15.9 Å². The summed E-state index contributed by atoms with van der Waals surface area (Å²) in [6.45, 7) is 1.45. The first kappa shape index (κ1) is 21.6. The molecule has 0 aliphatic carbocycles. The van der Waals surface area contributed by atoms with Crippen molar-refractivity contribution in [3.8, 4) is 0 Å². The summed E-state index contributed by atoms with van der Waals surface area (Å²) in [4.78, 5) is 48.6. The predicted octanol–water partition coefficient (Wildman–Crippen LogP) is 1.32. The molecule has 0 saturated heterocycles. The molecule has 0 bridgehead atoms. The molecule has 8 nitrogen and oxygen atoms in total. The summed E-state index contributed by atoms with van der Waals surface area (Å²) in [6, 6.07) is 5.24. The first-order valence-electron chi connectivity index (χ1n) is 7.56. The molecular formula is C17H20BrNO7. The molecule has 2 atom stereocenters. The molecule has 0 radical (unpaired) electrons. The zero-order valence-corrected chi connectivity index (χ0v) is 16.4. The van der Waals surface area contributed by atoms with Crippen LogP contribution in [-0.4, -0.2) is 51.2 Å². The number of carbonyl (C=O) groups is 4. The Hall–Kier alpha value is -2.42. The standard InChI is InChI=1S/C17H20BrNO7/c1-9(12(15(21)24-2)16(22)25-3)13(17(23)26-4)19-14(20)10-6-5-7-11(18)8-10/h5-9,12-13H,1-4H3,(H,19,20)/t9-,13+/m1/s1. The van der Waals surface area contributed by atoms with Crippen LogP contribution in [0.15, 0.2) is 28.7 Å². The molecule has 0 aliphatic heterocycles. The first-order valence-corrected chi connectivity index (χ1v) is 8.36. The summed E-state index contributed by atoms with van der Waals surface area (Å²) in [7, 11) is 3.36. The molecule has 1 N–H and O–H groups in total. The van der Waals surface area contributed by atoms with Crippen LogP contribution in [0.2, 0.25) is 0 Å². The molecular weight excluding hydrogens is 410 g/mol. The first-order chi connectivity index (χ1) is 12.3. The second-order valence-corrected chi connectivity index (χ2v) is 6.28. The van der Waals surface area contributed by atoms with E-state index in [0.717, 1.165) is 21.3 Å². The average Bonchev–Trinajstić information content (AvgIpc) is 2.64. The van der Waals surface area contributed by atoms with Gasteiger partial charge in [-0.2, -0.15) is 0 Å². The van der Waals surface area contributed by atoms with E-state index in [0.29, 0.717) is 4.47 Å². The lowest BCUT2D eigenvalue weighted by atomic mass is 9.87. The van der Waals surface area contributed by atoms with Crippen molar-refractivity contribution in [3.05, 3.63) is 34.3 Å². The number of benzene rings is 1. The van der Waals surface area contributed by atoms with Gasteiger partial charge in [-0.05, 0) is 18.2 Å². The molecule has 0 fully saturated rings. The van der Waals surface area contributed by atoms with Gasteiger partial charge in [0.25, 0.3) is 5.91 Å². The number of hydrogen-bond donors (Lipinski definition) is 1. The van der Waals surface area contributed by atoms with Gasteiger partial charge in [-0.3, -0.25) is 14.4 Å². The Morgan fingerprint density at radius 3 is 1.96 bits per heavy atom. The Balaban J connectivity index is 3.15. The minimum atomic E-state index is -1.41. The summed E-state index contributed by atoms with van der Waals surface area (Å²) < 4.78 is 14.6. The average molecular weight is 430 g/mol. The van der Waals surface area contributed by atoms with E-state index in [-0.39, 0.29) is 5.56 Å². The van der Waals surface area contributed by atoms with Crippen LogP contribution in [0, 0.1) is 11.8 Å². The van der Waals surface area contributed by atoms with Gasteiger partial charge in [0, 0.05) is 16.0 Å². The molecule has 0 aliphatic rings. The molecule has 0 unspecified atom stereocenters. The molecule has 1 rings (SSSR count). The lowest BCUT2D eigenvalue weighted by Crippen LogP contribution is -2.51. The summed E-state index contributed by atoms with van der Waals surface area (Å²) >= 11 is 3.25. The Morgan fingerprint density at radius 1 is 0.962 bits per heavy atom. The van der Waals surface area contributed by atoms with Gasteiger partial charge in [-0.1, -0.05) is 28.9 Å². The SMILES string of the molecule is COC(=O)C(C(=O)OC)[C@@H](C)[C@H](NC(=O)c1cccc(Br)c1)C(=O)OC. The maximum Gasteiger partial charge on any atom is 0.328 e. The van der Waals surface area contributed by atoms with Crippen LogP contribution in [0.3, 0.4) is 0 Å². The van der Waals surface area contributed by atoms with Gasteiger partial charge >= 0.3 is 17.9 Å². The number of nitrogens with one attached hydrogen (secondary N) is 1. The molecule has 0 heterocycles. The van der Waals surface area contributed by atoms with Crippen molar-refractivity contribution < 1.29 is 33.4 Å². The molecule has 1 aromatic rings. The maximum atomic E-state index is 12.5. The molecule has 0 spiro atoms. The van der Waals surface area contributed by atoms with E-state index in [4.69, 9.17) is 4.74 Å². The highest BCUT2D eigenvalue weighted by molar-refractivity contribution is 9.10. The third-order valence-electron chi connectivity index (χ3n) is 3.79. The van der Waals surface area contributed by atoms with Crippen molar-refractivity contribution in [2.24, 2.45) is 11.8 Å². The van der Waals surface area contributed by atoms with E-state index in [1.807, 2.05) is 0 Å². The Bertz CT molecular complexity index is 675. The van der Waals surface area contributed by atoms with Crippen LogP contribution in [0.1, 0.15) is 17.3 Å². The molecule has 26 heavy (non-hydrogen) atoms. The van der Waals surface area contributed by atoms with E-state index >= 15 is 0 Å². The van der Waals surface area contributed by atoms with Crippen LogP contribution in [0.4, 0.5) is 0 Å². The second kappa shape index (κ2) is 9.91. The largest absolute Gasteiger partial charge is 0.468 e.